The molecule has 0 aliphatic rings. The molecule has 0 heterocycles. The lowest BCUT2D eigenvalue weighted by atomic mass is 10.2. The van der Waals surface area contributed by atoms with Gasteiger partial charge in [0, 0.05) is 18.3 Å². The highest BCUT2D eigenvalue weighted by molar-refractivity contribution is 7.89. The van der Waals surface area contributed by atoms with E-state index in [9.17, 15) is 8.42 Å². The average molecular weight is 304 g/mol. The highest BCUT2D eigenvalue weighted by atomic mass is 32.2. The van der Waals surface area contributed by atoms with Crippen LogP contribution >= 0.6 is 0 Å². The van der Waals surface area contributed by atoms with E-state index in [1.807, 2.05) is 44.2 Å². The second-order valence-electron chi connectivity index (χ2n) is 5.20. The van der Waals surface area contributed by atoms with Gasteiger partial charge in [0.2, 0.25) is 10.0 Å². The molecule has 0 fully saturated rings. The summed E-state index contributed by atoms with van der Waals surface area (Å²) in [6.07, 6.45) is 0. The summed E-state index contributed by atoms with van der Waals surface area (Å²) in [6, 6.07) is 15.8. The van der Waals surface area contributed by atoms with Crippen LogP contribution < -0.4 is 5.73 Å². The molecule has 2 aromatic carbocycles. The predicted molar refractivity (Wildman–Crippen MR) is 85.2 cm³/mol. The van der Waals surface area contributed by atoms with E-state index in [2.05, 4.69) is 0 Å². The van der Waals surface area contributed by atoms with Gasteiger partial charge in [-0.15, -0.1) is 0 Å². The van der Waals surface area contributed by atoms with Crippen LogP contribution in [0.4, 0.5) is 5.69 Å². The Bertz CT molecular complexity index is 697. The minimum Gasteiger partial charge on any atom is -0.399 e. The third-order valence-corrected chi connectivity index (χ3v) is 5.24. The molecule has 0 unspecified atom stereocenters. The SMILES string of the molecule is CC(C)N(Cc1ccccc1)S(=O)(=O)c1cccc(N)c1. The molecule has 5 heteroatoms. The van der Waals surface area contributed by atoms with E-state index >= 15 is 0 Å². The Morgan fingerprint density at radius 1 is 1.05 bits per heavy atom. The van der Waals surface area contributed by atoms with Gasteiger partial charge in [-0.1, -0.05) is 36.4 Å². The van der Waals surface area contributed by atoms with Gasteiger partial charge in [-0.2, -0.15) is 4.31 Å². The van der Waals surface area contributed by atoms with Gasteiger partial charge in [0.05, 0.1) is 4.90 Å². The van der Waals surface area contributed by atoms with Crippen molar-refractivity contribution in [1.82, 2.24) is 4.31 Å². The van der Waals surface area contributed by atoms with E-state index < -0.39 is 10.0 Å². The quantitative estimate of drug-likeness (QED) is 0.864. The molecule has 0 atom stereocenters. The van der Waals surface area contributed by atoms with Crippen LogP contribution in [-0.4, -0.2) is 18.8 Å². The highest BCUT2D eigenvalue weighted by Gasteiger charge is 2.27. The fourth-order valence-corrected chi connectivity index (χ4v) is 3.80. The first-order valence-corrected chi connectivity index (χ1v) is 8.26. The molecule has 0 aromatic heterocycles. The minimum absolute atomic E-state index is 0.142. The van der Waals surface area contributed by atoms with Gasteiger partial charge in [-0.3, -0.25) is 0 Å². The van der Waals surface area contributed by atoms with Crippen molar-refractivity contribution in [3.8, 4) is 0 Å². The molecule has 4 nitrogen and oxygen atoms in total. The molecule has 0 spiro atoms. The smallest absolute Gasteiger partial charge is 0.243 e. The summed E-state index contributed by atoms with van der Waals surface area (Å²) < 4.78 is 27.1. The molecule has 0 saturated heterocycles. The normalized spacial score (nSPS) is 12.0. The highest BCUT2D eigenvalue weighted by Crippen LogP contribution is 2.22. The van der Waals surface area contributed by atoms with E-state index in [4.69, 9.17) is 5.73 Å². The fourth-order valence-electron chi connectivity index (χ4n) is 2.12. The molecular weight excluding hydrogens is 284 g/mol. The number of nitrogens with zero attached hydrogens (tertiary/aromatic N) is 1. The molecule has 2 aromatic rings. The maximum Gasteiger partial charge on any atom is 0.243 e. The molecule has 0 amide bonds. The largest absolute Gasteiger partial charge is 0.399 e. The zero-order valence-corrected chi connectivity index (χ0v) is 13.0. The van der Waals surface area contributed by atoms with Gasteiger partial charge in [0.15, 0.2) is 0 Å². The minimum atomic E-state index is -3.57. The zero-order chi connectivity index (χ0) is 15.5. The van der Waals surface area contributed by atoms with Gasteiger partial charge >= 0.3 is 0 Å². The number of hydrogen-bond donors (Lipinski definition) is 1. The second kappa shape index (κ2) is 6.28. The number of benzene rings is 2. The standard InChI is InChI=1S/C16H20N2O2S/c1-13(2)18(12-14-7-4-3-5-8-14)21(19,20)16-10-6-9-15(17)11-16/h3-11,13H,12,17H2,1-2H3. The molecule has 0 bridgehead atoms. The van der Waals surface area contributed by atoms with Crippen LogP contribution in [0.15, 0.2) is 59.5 Å². The summed E-state index contributed by atoms with van der Waals surface area (Å²) in [6.45, 7) is 4.08. The Hall–Kier alpha value is -1.85. The first-order valence-electron chi connectivity index (χ1n) is 6.82. The number of sulfonamides is 1. The van der Waals surface area contributed by atoms with Crippen molar-refractivity contribution >= 4 is 15.7 Å². The van der Waals surface area contributed by atoms with Crippen molar-refractivity contribution in [2.24, 2.45) is 0 Å². The lowest BCUT2D eigenvalue weighted by Crippen LogP contribution is -2.36. The topological polar surface area (TPSA) is 63.4 Å². The Morgan fingerprint density at radius 3 is 2.29 bits per heavy atom. The monoisotopic (exact) mass is 304 g/mol. The summed E-state index contributed by atoms with van der Waals surface area (Å²) in [5.74, 6) is 0. The molecule has 2 rings (SSSR count). The van der Waals surface area contributed by atoms with E-state index in [0.29, 0.717) is 12.2 Å². The van der Waals surface area contributed by atoms with Crippen molar-refractivity contribution < 1.29 is 8.42 Å². The lowest BCUT2D eigenvalue weighted by Gasteiger charge is -2.26. The number of rotatable bonds is 5. The molecule has 0 saturated carbocycles. The molecule has 21 heavy (non-hydrogen) atoms. The van der Waals surface area contributed by atoms with E-state index in [1.54, 1.807) is 18.2 Å². The lowest BCUT2D eigenvalue weighted by molar-refractivity contribution is 0.348. The zero-order valence-electron chi connectivity index (χ0n) is 12.2. The van der Waals surface area contributed by atoms with Crippen LogP contribution in [0.25, 0.3) is 0 Å². The van der Waals surface area contributed by atoms with Crippen molar-refractivity contribution in [2.45, 2.75) is 31.3 Å². The first kappa shape index (κ1) is 15.5. The van der Waals surface area contributed by atoms with Crippen LogP contribution in [-0.2, 0) is 16.6 Å². The number of nitrogen functional groups attached to an aromatic ring is 1. The number of nitrogens with two attached hydrogens (primary N) is 1. The fraction of sp³-hybridized carbons (Fsp3) is 0.250. The third-order valence-electron chi connectivity index (χ3n) is 3.22. The Kier molecular flexibility index (Phi) is 4.65. The maximum atomic E-state index is 12.8. The Morgan fingerprint density at radius 2 is 1.71 bits per heavy atom. The first-order chi connectivity index (χ1) is 9.91. The van der Waals surface area contributed by atoms with Crippen LogP contribution in [0.2, 0.25) is 0 Å². The molecule has 2 N–H and O–H groups in total. The van der Waals surface area contributed by atoms with Crippen molar-refractivity contribution in [2.75, 3.05) is 5.73 Å². The van der Waals surface area contributed by atoms with Crippen LogP contribution in [0, 0.1) is 0 Å². The van der Waals surface area contributed by atoms with E-state index in [0.717, 1.165) is 5.56 Å². The van der Waals surface area contributed by atoms with Crippen molar-refractivity contribution in [1.29, 1.82) is 0 Å². The van der Waals surface area contributed by atoms with E-state index in [-0.39, 0.29) is 10.9 Å². The van der Waals surface area contributed by atoms with E-state index in [1.165, 1.54) is 10.4 Å². The number of anilines is 1. The van der Waals surface area contributed by atoms with Gasteiger partial charge in [0.1, 0.15) is 0 Å². The summed E-state index contributed by atoms with van der Waals surface area (Å²) >= 11 is 0. The third kappa shape index (κ3) is 3.62. The molecule has 0 aliphatic carbocycles. The predicted octanol–water partition coefficient (Wildman–Crippen LogP) is 2.87. The maximum absolute atomic E-state index is 12.8. The van der Waals surface area contributed by atoms with Gasteiger partial charge < -0.3 is 5.73 Å². The van der Waals surface area contributed by atoms with Gasteiger partial charge in [-0.25, -0.2) is 8.42 Å². The summed E-state index contributed by atoms with van der Waals surface area (Å²) in [5.41, 5.74) is 7.10. The Labute approximate surface area is 126 Å². The molecule has 112 valence electrons. The Balaban J connectivity index is 2.37. The van der Waals surface area contributed by atoms with Crippen LogP contribution in [0.5, 0.6) is 0 Å². The summed E-state index contributed by atoms with van der Waals surface area (Å²) in [4.78, 5) is 0.229. The number of hydrogen-bond acceptors (Lipinski definition) is 3. The van der Waals surface area contributed by atoms with Crippen molar-refractivity contribution in [3.05, 3.63) is 60.2 Å². The molecule has 0 radical (unpaired) electrons. The average Bonchev–Trinajstić information content (AvgIpc) is 2.45. The van der Waals surface area contributed by atoms with Gasteiger partial charge in [-0.05, 0) is 37.6 Å². The molecular formula is C16H20N2O2S. The summed E-state index contributed by atoms with van der Waals surface area (Å²) in [7, 11) is -3.57. The van der Waals surface area contributed by atoms with Crippen molar-refractivity contribution in [3.63, 3.8) is 0 Å². The van der Waals surface area contributed by atoms with Gasteiger partial charge in [0.25, 0.3) is 0 Å². The molecule has 0 aliphatic heterocycles. The summed E-state index contributed by atoms with van der Waals surface area (Å²) in [5, 5.41) is 0. The van der Waals surface area contributed by atoms with Crippen LogP contribution in [0.3, 0.4) is 0 Å². The van der Waals surface area contributed by atoms with Crippen LogP contribution in [0.1, 0.15) is 19.4 Å². The second-order valence-corrected chi connectivity index (χ2v) is 7.09.